The Morgan fingerprint density at radius 3 is 2.43 bits per heavy atom. The minimum Gasteiger partial charge on any atom is -0.390 e. The highest BCUT2D eigenvalue weighted by molar-refractivity contribution is 5.94. The first-order valence-electron chi connectivity index (χ1n) is 10.2. The number of benzene rings is 2. The maximum Gasteiger partial charge on any atom is 0.253 e. The van der Waals surface area contributed by atoms with E-state index in [1.807, 2.05) is 61.2 Å². The molecule has 150 valence electrons. The summed E-state index contributed by atoms with van der Waals surface area (Å²) in [5.74, 6) is 0.0895. The summed E-state index contributed by atoms with van der Waals surface area (Å²) in [6, 6.07) is 18.0. The minimum absolute atomic E-state index is 0.0895. The van der Waals surface area contributed by atoms with Gasteiger partial charge in [-0.3, -0.25) is 4.79 Å². The molecule has 0 atom stereocenters. The second kappa shape index (κ2) is 9.35. The van der Waals surface area contributed by atoms with E-state index in [1.165, 1.54) is 5.56 Å². The molecule has 28 heavy (non-hydrogen) atoms. The first-order valence-corrected chi connectivity index (χ1v) is 10.2. The third-order valence-corrected chi connectivity index (χ3v) is 5.26. The zero-order valence-electron chi connectivity index (χ0n) is 16.9. The number of hydrogen-bond donors (Lipinski definition) is 1. The average Bonchev–Trinajstić information content (AvgIpc) is 2.71. The Morgan fingerprint density at radius 1 is 1.07 bits per heavy atom. The highest BCUT2D eigenvalue weighted by Crippen LogP contribution is 2.19. The quantitative estimate of drug-likeness (QED) is 0.781. The van der Waals surface area contributed by atoms with E-state index in [2.05, 4.69) is 12.1 Å². The zero-order valence-corrected chi connectivity index (χ0v) is 16.9. The largest absolute Gasteiger partial charge is 0.390 e. The SMILES string of the molecule is CC(C)(O)CCc1cccc(C(=O)N2CCC(OCc3ccccc3)CC2)c1. The van der Waals surface area contributed by atoms with Gasteiger partial charge in [-0.15, -0.1) is 0 Å². The van der Waals surface area contributed by atoms with E-state index in [9.17, 15) is 9.90 Å². The third kappa shape index (κ3) is 6.18. The van der Waals surface area contributed by atoms with Crippen molar-refractivity contribution in [1.82, 2.24) is 4.90 Å². The Morgan fingerprint density at radius 2 is 1.75 bits per heavy atom. The number of nitrogens with zero attached hydrogens (tertiary/aromatic N) is 1. The first kappa shape index (κ1) is 20.6. The molecule has 0 spiro atoms. The molecule has 4 heteroatoms. The molecule has 1 saturated heterocycles. The first-order chi connectivity index (χ1) is 13.4. The number of carbonyl (C=O) groups excluding carboxylic acids is 1. The van der Waals surface area contributed by atoms with Crippen molar-refractivity contribution >= 4 is 5.91 Å². The van der Waals surface area contributed by atoms with Gasteiger partial charge in [0.05, 0.1) is 18.3 Å². The van der Waals surface area contributed by atoms with Crippen molar-refractivity contribution in [2.45, 2.75) is 57.8 Å². The molecule has 2 aromatic rings. The summed E-state index contributed by atoms with van der Waals surface area (Å²) in [6.07, 6.45) is 3.39. The van der Waals surface area contributed by atoms with Crippen LogP contribution >= 0.6 is 0 Å². The molecule has 0 unspecified atom stereocenters. The number of ether oxygens (including phenoxy) is 1. The number of likely N-dealkylation sites (tertiary alicyclic amines) is 1. The molecular weight excluding hydrogens is 350 g/mol. The lowest BCUT2D eigenvalue weighted by molar-refractivity contribution is -0.000382. The van der Waals surface area contributed by atoms with Crippen molar-refractivity contribution in [1.29, 1.82) is 0 Å². The predicted octanol–water partition coefficient (Wildman–Crippen LogP) is 4.21. The molecule has 1 amide bonds. The van der Waals surface area contributed by atoms with Gasteiger partial charge < -0.3 is 14.7 Å². The van der Waals surface area contributed by atoms with Crippen molar-refractivity contribution in [3.8, 4) is 0 Å². The summed E-state index contributed by atoms with van der Waals surface area (Å²) in [6.45, 7) is 5.71. The molecule has 1 aliphatic rings. The number of carbonyl (C=O) groups is 1. The van der Waals surface area contributed by atoms with E-state index < -0.39 is 5.60 Å². The van der Waals surface area contributed by atoms with Crippen LogP contribution in [-0.2, 0) is 17.8 Å². The van der Waals surface area contributed by atoms with Gasteiger partial charge >= 0.3 is 0 Å². The van der Waals surface area contributed by atoms with Gasteiger partial charge in [-0.05, 0) is 62.8 Å². The highest BCUT2D eigenvalue weighted by Gasteiger charge is 2.24. The van der Waals surface area contributed by atoms with E-state index in [0.717, 1.165) is 43.5 Å². The van der Waals surface area contributed by atoms with Crippen molar-refractivity contribution in [3.63, 3.8) is 0 Å². The molecule has 3 rings (SSSR count). The number of piperidine rings is 1. The van der Waals surface area contributed by atoms with Gasteiger partial charge in [-0.25, -0.2) is 0 Å². The zero-order chi connectivity index (χ0) is 20.0. The molecule has 1 aliphatic heterocycles. The van der Waals surface area contributed by atoms with Crippen LogP contribution < -0.4 is 0 Å². The highest BCUT2D eigenvalue weighted by atomic mass is 16.5. The van der Waals surface area contributed by atoms with Crippen molar-refractivity contribution in [2.75, 3.05) is 13.1 Å². The van der Waals surface area contributed by atoms with Crippen LogP contribution in [-0.4, -0.2) is 40.7 Å². The number of amides is 1. The van der Waals surface area contributed by atoms with E-state index >= 15 is 0 Å². The summed E-state index contributed by atoms with van der Waals surface area (Å²) in [5.41, 5.74) is 2.32. The number of rotatable bonds is 7. The molecule has 1 N–H and O–H groups in total. The molecule has 0 aliphatic carbocycles. The topological polar surface area (TPSA) is 49.8 Å². The smallest absolute Gasteiger partial charge is 0.253 e. The van der Waals surface area contributed by atoms with Crippen LogP contribution in [0.1, 0.15) is 54.6 Å². The summed E-state index contributed by atoms with van der Waals surface area (Å²) >= 11 is 0. The number of aryl methyl sites for hydroxylation is 1. The molecule has 0 bridgehead atoms. The maximum atomic E-state index is 12.9. The Balaban J connectivity index is 1.49. The molecule has 1 fully saturated rings. The minimum atomic E-state index is -0.693. The van der Waals surface area contributed by atoms with Crippen LogP contribution in [0.3, 0.4) is 0 Å². The summed E-state index contributed by atoms with van der Waals surface area (Å²) in [7, 11) is 0. The van der Waals surface area contributed by atoms with Crippen LogP contribution in [0.25, 0.3) is 0 Å². The lowest BCUT2D eigenvalue weighted by Crippen LogP contribution is -2.40. The molecule has 2 aromatic carbocycles. The van der Waals surface area contributed by atoms with Crippen LogP contribution in [0.4, 0.5) is 0 Å². The van der Waals surface area contributed by atoms with Crippen LogP contribution in [0, 0.1) is 0 Å². The molecule has 0 aromatic heterocycles. The number of aliphatic hydroxyl groups is 1. The van der Waals surface area contributed by atoms with Gasteiger partial charge in [0.2, 0.25) is 0 Å². The Bertz CT molecular complexity index is 759. The fourth-order valence-electron chi connectivity index (χ4n) is 3.51. The normalized spacial score (nSPS) is 15.6. The fourth-order valence-corrected chi connectivity index (χ4v) is 3.51. The fraction of sp³-hybridized carbons (Fsp3) is 0.458. The van der Waals surface area contributed by atoms with Gasteiger partial charge in [-0.1, -0.05) is 42.5 Å². The molecular formula is C24H31NO3. The third-order valence-electron chi connectivity index (χ3n) is 5.26. The van der Waals surface area contributed by atoms with Crippen LogP contribution in [0.15, 0.2) is 54.6 Å². The van der Waals surface area contributed by atoms with Gasteiger partial charge in [-0.2, -0.15) is 0 Å². The van der Waals surface area contributed by atoms with E-state index in [1.54, 1.807) is 0 Å². The van der Waals surface area contributed by atoms with Gasteiger partial charge in [0.15, 0.2) is 0 Å². The van der Waals surface area contributed by atoms with Crippen molar-refractivity contribution < 1.29 is 14.6 Å². The van der Waals surface area contributed by atoms with Gasteiger partial charge in [0.1, 0.15) is 0 Å². The molecule has 4 nitrogen and oxygen atoms in total. The lowest BCUT2D eigenvalue weighted by Gasteiger charge is -2.32. The van der Waals surface area contributed by atoms with Crippen LogP contribution in [0.5, 0.6) is 0 Å². The van der Waals surface area contributed by atoms with Gasteiger partial charge in [0.25, 0.3) is 5.91 Å². The summed E-state index contributed by atoms with van der Waals surface area (Å²) in [5, 5.41) is 9.92. The number of hydrogen-bond acceptors (Lipinski definition) is 3. The maximum absolute atomic E-state index is 12.9. The van der Waals surface area contributed by atoms with E-state index in [0.29, 0.717) is 13.0 Å². The summed E-state index contributed by atoms with van der Waals surface area (Å²) in [4.78, 5) is 14.8. The monoisotopic (exact) mass is 381 g/mol. The Hall–Kier alpha value is -2.17. The molecule has 0 radical (unpaired) electrons. The standard InChI is InChI=1S/C24H31NO3/c1-24(2,27)14-11-19-9-6-10-21(17-19)23(26)25-15-12-22(13-16-25)28-18-20-7-4-3-5-8-20/h3-10,17,22,27H,11-16,18H2,1-2H3. The Labute approximate surface area is 168 Å². The van der Waals surface area contributed by atoms with Crippen molar-refractivity contribution in [2.24, 2.45) is 0 Å². The van der Waals surface area contributed by atoms with Crippen molar-refractivity contribution in [3.05, 3.63) is 71.3 Å². The van der Waals surface area contributed by atoms with Gasteiger partial charge in [0, 0.05) is 18.7 Å². The van der Waals surface area contributed by atoms with E-state index in [4.69, 9.17) is 4.74 Å². The second-order valence-corrected chi connectivity index (χ2v) is 8.30. The molecule has 1 heterocycles. The molecule has 0 saturated carbocycles. The average molecular weight is 382 g/mol. The lowest BCUT2D eigenvalue weighted by atomic mass is 9.97. The second-order valence-electron chi connectivity index (χ2n) is 8.30. The Kier molecular flexibility index (Phi) is 6.87. The predicted molar refractivity (Wildman–Crippen MR) is 111 cm³/mol. The van der Waals surface area contributed by atoms with Crippen LogP contribution in [0.2, 0.25) is 0 Å². The summed E-state index contributed by atoms with van der Waals surface area (Å²) < 4.78 is 6.02. The van der Waals surface area contributed by atoms with E-state index in [-0.39, 0.29) is 12.0 Å².